The lowest BCUT2D eigenvalue weighted by molar-refractivity contribution is -0.00370. The number of benzene rings is 1. The van der Waals surface area contributed by atoms with Crippen LogP contribution < -0.4 is 0 Å². The molecule has 1 amide bonds. The normalized spacial score (nSPS) is 28.3. The third kappa shape index (κ3) is 2.98. The Kier molecular flexibility index (Phi) is 3.89. The van der Waals surface area contributed by atoms with E-state index in [4.69, 9.17) is 9.47 Å². The molecule has 1 aromatic rings. The number of ether oxygens (including phenoxy) is 2. The fourth-order valence-corrected chi connectivity index (χ4v) is 3.30. The average molecular weight is 303 g/mol. The van der Waals surface area contributed by atoms with Crippen molar-refractivity contribution in [2.75, 3.05) is 13.2 Å². The van der Waals surface area contributed by atoms with E-state index in [1.807, 2.05) is 43.9 Å². The minimum Gasteiger partial charge on any atom is -0.444 e. The Hall–Kier alpha value is -1.55. The van der Waals surface area contributed by atoms with Gasteiger partial charge in [-0.25, -0.2) is 4.79 Å². The predicted octanol–water partition coefficient (Wildman–Crippen LogP) is 3.70. The van der Waals surface area contributed by atoms with Crippen LogP contribution in [0.5, 0.6) is 0 Å². The molecule has 0 aliphatic carbocycles. The molecule has 120 valence electrons. The average Bonchev–Trinajstić information content (AvgIpc) is 3.28. The summed E-state index contributed by atoms with van der Waals surface area (Å²) in [5.74, 6) is 0. The van der Waals surface area contributed by atoms with Gasteiger partial charge in [0, 0.05) is 6.54 Å². The summed E-state index contributed by atoms with van der Waals surface area (Å²) in [5, 5.41) is 0. The first-order chi connectivity index (χ1) is 10.4. The van der Waals surface area contributed by atoms with Gasteiger partial charge in [0.05, 0.1) is 12.6 Å². The Labute approximate surface area is 132 Å². The van der Waals surface area contributed by atoms with E-state index >= 15 is 0 Å². The molecular weight excluding hydrogens is 278 g/mol. The molecule has 0 aromatic heterocycles. The number of carbonyl (C=O) groups is 1. The van der Waals surface area contributed by atoms with E-state index in [0.717, 1.165) is 31.4 Å². The number of rotatable bonds is 2. The van der Waals surface area contributed by atoms with Crippen LogP contribution in [0.3, 0.4) is 0 Å². The van der Waals surface area contributed by atoms with E-state index in [1.54, 1.807) is 0 Å². The van der Waals surface area contributed by atoms with Gasteiger partial charge in [0.15, 0.2) is 0 Å². The molecule has 2 aliphatic rings. The molecule has 2 saturated heterocycles. The summed E-state index contributed by atoms with van der Waals surface area (Å²) in [4.78, 5) is 14.5. The molecule has 22 heavy (non-hydrogen) atoms. The van der Waals surface area contributed by atoms with Crippen molar-refractivity contribution in [1.29, 1.82) is 0 Å². The minimum absolute atomic E-state index is 0.0681. The van der Waals surface area contributed by atoms with E-state index < -0.39 is 5.60 Å². The Morgan fingerprint density at radius 3 is 2.55 bits per heavy atom. The summed E-state index contributed by atoms with van der Waals surface area (Å²) in [7, 11) is 0. The standard InChI is InChI=1S/C18H25NO3/c1-17(2,3)22-16(20)19-12-8-7-11-15(19)18(13-21-18)14-9-5-4-6-10-14/h4-6,9-10,15H,7-8,11-13H2,1-3H3/t15-,18-/m0/s1. The van der Waals surface area contributed by atoms with Crippen molar-refractivity contribution in [3.05, 3.63) is 35.9 Å². The maximum Gasteiger partial charge on any atom is 0.410 e. The van der Waals surface area contributed by atoms with Gasteiger partial charge in [-0.2, -0.15) is 0 Å². The van der Waals surface area contributed by atoms with Gasteiger partial charge >= 0.3 is 6.09 Å². The smallest absolute Gasteiger partial charge is 0.410 e. The second-order valence-electron chi connectivity index (χ2n) is 7.23. The summed E-state index contributed by atoms with van der Waals surface area (Å²) in [6.45, 7) is 7.15. The Bertz CT molecular complexity index is 531. The molecule has 2 fully saturated rings. The maximum absolute atomic E-state index is 12.6. The second-order valence-corrected chi connectivity index (χ2v) is 7.23. The van der Waals surface area contributed by atoms with Gasteiger partial charge < -0.3 is 14.4 Å². The van der Waals surface area contributed by atoms with Crippen molar-refractivity contribution >= 4 is 6.09 Å². The Morgan fingerprint density at radius 1 is 1.27 bits per heavy atom. The highest BCUT2D eigenvalue weighted by atomic mass is 16.6. The van der Waals surface area contributed by atoms with Crippen LogP contribution in [-0.4, -0.2) is 35.8 Å². The SMILES string of the molecule is CC(C)(C)OC(=O)N1CCCC[C@H]1[C@@]1(c2ccccc2)CO1. The molecule has 2 heterocycles. The van der Waals surface area contributed by atoms with Crippen LogP contribution in [0.4, 0.5) is 4.79 Å². The summed E-state index contributed by atoms with van der Waals surface area (Å²) < 4.78 is 11.5. The number of amides is 1. The molecular formula is C18H25NO3. The summed E-state index contributed by atoms with van der Waals surface area (Å²) >= 11 is 0. The molecule has 0 saturated carbocycles. The number of hydrogen-bond donors (Lipinski definition) is 0. The molecule has 0 bridgehead atoms. The number of piperidine rings is 1. The van der Waals surface area contributed by atoms with Crippen LogP contribution >= 0.6 is 0 Å². The molecule has 2 aliphatic heterocycles. The zero-order chi connectivity index (χ0) is 15.8. The molecule has 0 unspecified atom stereocenters. The quantitative estimate of drug-likeness (QED) is 0.782. The van der Waals surface area contributed by atoms with Crippen LogP contribution in [0.1, 0.15) is 45.6 Å². The number of epoxide rings is 1. The van der Waals surface area contributed by atoms with Crippen molar-refractivity contribution < 1.29 is 14.3 Å². The molecule has 2 atom stereocenters. The largest absolute Gasteiger partial charge is 0.444 e. The van der Waals surface area contributed by atoms with E-state index in [1.165, 1.54) is 0 Å². The maximum atomic E-state index is 12.6. The highest BCUT2D eigenvalue weighted by Gasteiger charge is 2.56. The van der Waals surface area contributed by atoms with Gasteiger partial charge in [-0.3, -0.25) is 0 Å². The number of likely N-dealkylation sites (tertiary alicyclic amines) is 1. The lowest BCUT2D eigenvalue weighted by Crippen LogP contribution is -2.51. The number of nitrogens with zero attached hydrogens (tertiary/aromatic N) is 1. The summed E-state index contributed by atoms with van der Waals surface area (Å²) in [6, 6.07) is 10.3. The van der Waals surface area contributed by atoms with Crippen LogP contribution in [-0.2, 0) is 15.1 Å². The number of hydrogen-bond acceptors (Lipinski definition) is 3. The van der Waals surface area contributed by atoms with Gasteiger partial charge in [0.2, 0.25) is 0 Å². The van der Waals surface area contributed by atoms with Crippen molar-refractivity contribution in [2.45, 2.75) is 57.3 Å². The molecule has 0 N–H and O–H groups in total. The zero-order valence-corrected chi connectivity index (χ0v) is 13.7. The lowest BCUT2D eigenvalue weighted by Gasteiger charge is -2.39. The van der Waals surface area contributed by atoms with Crippen LogP contribution in [0, 0.1) is 0 Å². The van der Waals surface area contributed by atoms with E-state index in [2.05, 4.69) is 12.1 Å². The van der Waals surface area contributed by atoms with Crippen molar-refractivity contribution in [3.8, 4) is 0 Å². The van der Waals surface area contributed by atoms with Crippen molar-refractivity contribution in [1.82, 2.24) is 4.90 Å². The van der Waals surface area contributed by atoms with Crippen LogP contribution in [0.25, 0.3) is 0 Å². The van der Waals surface area contributed by atoms with Crippen molar-refractivity contribution in [2.24, 2.45) is 0 Å². The second kappa shape index (κ2) is 5.58. The summed E-state index contributed by atoms with van der Waals surface area (Å²) in [6.07, 6.45) is 2.90. The zero-order valence-electron chi connectivity index (χ0n) is 13.7. The first-order valence-corrected chi connectivity index (χ1v) is 8.11. The third-order valence-corrected chi connectivity index (χ3v) is 4.39. The highest BCUT2D eigenvalue weighted by Crippen LogP contribution is 2.47. The van der Waals surface area contributed by atoms with E-state index in [-0.39, 0.29) is 17.7 Å². The lowest BCUT2D eigenvalue weighted by atomic mass is 9.85. The van der Waals surface area contributed by atoms with Gasteiger partial charge in [0.25, 0.3) is 0 Å². The first kappa shape index (κ1) is 15.3. The topological polar surface area (TPSA) is 42.1 Å². The highest BCUT2D eigenvalue weighted by molar-refractivity contribution is 5.69. The van der Waals surface area contributed by atoms with E-state index in [0.29, 0.717) is 6.61 Å². The predicted molar refractivity (Wildman–Crippen MR) is 84.7 cm³/mol. The van der Waals surface area contributed by atoms with E-state index in [9.17, 15) is 4.79 Å². The van der Waals surface area contributed by atoms with Gasteiger partial charge in [-0.1, -0.05) is 30.3 Å². The monoisotopic (exact) mass is 303 g/mol. The van der Waals surface area contributed by atoms with Crippen molar-refractivity contribution in [3.63, 3.8) is 0 Å². The first-order valence-electron chi connectivity index (χ1n) is 8.11. The fraction of sp³-hybridized carbons (Fsp3) is 0.611. The minimum atomic E-state index is -0.469. The van der Waals surface area contributed by atoms with Gasteiger partial charge in [-0.15, -0.1) is 0 Å². The van der Waals surface area contributed by atoms with Crippen LogP contribution in [0.2, 0.25) is 0 Å². The third-order valence-electron chi connectivity index (χ3n) is 4.39. The molecule has 1 aromatic carbocycles. The van der Waals surface area contributed by atoms with Crippen LogP contribution in [0.15, 0.2) is 30.3 Å². The molecule has 0 spiro atoms. The van der Waals surface area contributed by atoms with Gasteiger partial charge in [-0.05, 0) is 45.6 Å². The summed E-state index contributed by atoms with van der Waals surface area (Å²) in [5.41, 5.74) is 0.359. The Morgan fingerprint density at radius 2 is 1.95 bits per heavy atom. The van der Waals surface area contributed by atoms with Gasteiger partial charge in [0.1, 0.15) is 11.2 Å². The number of carbonyl (C=O) groups excluding carboxylic acids is 1. The Balaban J connectivity index is 1.83. The molecule has 0 radical (unpaired) electrons. The molecule has 4 nitrogen and oxygen atoms in total. The molecule has 3 rings (SSSR count). The molecule has 4 heteroatoms. The fourth-order valence-electron chi connectivity index (χ4n) is 3.30.